The van der Waals surface area contributed by atoms with Crippen LogP contribution in [0.5, 0.6) is 5.75 Å². The van der Waals surface area contributed by atoms with Gasteiger partial charge in [0, 0.05) is 10.6 Å². The van der Waals surface area contributed by atoms with Crippen molar-refractivity contribution in [3.8, 4) is 5.75 Å². The lowest BCUT2D eigenvalue weighted by Crippen LogP contribution is -2.16. The van der Waals surface area contributed by atoms with E-state index in [1.54, 1.807) is 24.3 Å². The highest BCUT2D eigenvalue weighted by Gasteiger charge is 2.19. The molecule has 1 amide bonds. The Morgan fingerprint density at radius 3 is 2.43 bits per heavy atom. The summed E-state index contributed by atoms with van der Waals surface area (Å²) in [4.78, 5) is 12.6. The van der Waals surface area contributed by atoms with Gasteiger partial charge in [-0.3, -0.25) is 9.52 Å². The highest BCUT2D eigenvalue weighted by Crippen LogP contribution is 2.30. The number of carbonyl (C=O) groups excluding carboxylic acids is 1. The van der Waals surface area contributed by atoms with E-state index in [2.05, 4.69) is 10.0 Å². The second-order valence-corrected chi connectivity index (χ2v) is 8.87. The predicted octanol–water partition coefficient (Wildman–Crippen LogP) is 5.02. The van der Waals surface area contributed by atoms with E-state index in [4.69, 9.17) is 16.3 Å². The van der Waals surface area contributed by atoms with Crippen molar-refractivity contribution in [2.75, 3.05) is 17.1 Å². The SMILES string of the molecule is COc1ccc(S(=O)(=O)Nc2cc(C)ccc2C)cc1NC(=O)c1cccc(Cl)c1. The zero-order valence-electron chi connectivity index (χ0n) is 16.7. The molecule has 2 N–H and O–H groups in total. The molecule has 156 valence electrons. The van der Waals surface area contributed by atoms with Gasteiger partial charge in [0.25, 0.3) is 15.9 Å². The number of halogens is 1. The monoisotopic (exact) mass is 444 g/mol. The van der Waals surface area contributed by atoms with Crippen molar-refractivity contribution < 1.29 is 17.9 Å². The van der Waals surface area contributed by atoms with Crippen LogP contribution in [0, 0.1) is 13.8 Å². The van der Waals surface area contributed by atoms with E-state index in [-0.39, 0.29) is 10.6 Å². The smallest absolute Gasteiger partial charge is 0.261 e. The number of rotatable bonds is 6. The molecular formula is C22H21ClN2O4S. The van der Waals surface area contributed by atoms with Crippen molar-refractivity contribution in [1.82, 2.24) is 0 Å². The quantitative estimate of drug-likeness (QED) is 0.559. The third-order valence-electron chi connectivity index (χ3n) is 4.45. The zero-order valence-corrected chi connectivity index (χ0v) is 18.3. The lowest BCUT2D eigenvalue weighted by atomic mass is 10.1. The van der Waals surface area contributed by atoms with E-state index in [9.17, 15) is 13.2 Å². The molecule has 0 spiro atoms. The molecule has 3 aromatic carbocycles. The van der Waals surface area contributed by atoms with Crippen LogP contribution in [0.1, 0.15) is 21.5 Å². The van der Waals surface area contributed by atoms with Gasteiger partial charge in [0.15, 0.2) is 0 Å². The zero-order chi connectivity index (χ0) is 21.9. The molecule has 6 nitrogen and oxygen atoms in total. The third-order valence-corrected chi connectivity index (χ3v) is 6.05. The Kier molecular flexibility index (Phi) is 6.34. The lowest BCUT2D eigenvalue weighted by molar-refractivity contribution is 0.102. The van der Waals surface area contributed by atoms with E-state index in [1.807, 2.05) is 26.0 Å². The molecule has 3 aromatic rings. The minimum absolute atomic E-state index is 0.00870. The number of ether oxygens (including phenoxy) is 1. The van der Waals surface area contributed by atoms with Crippen molar-refractivity contribution in [2.45, 2.75) is 18.7 Å². The van der Waals surface area contributed by atoms with Gasteiger partial charge in [0.2, 0.25) is 0 Å². The van der Waals surface area contributed by atoms with Gasteiger partial charge in [-0.15, -0.1) is 0 Å². The first kappa shape index (κ1) is 21.7. The fraction of sp³-hybridized carbons (Fsp3) is 0.136. The maximum absolute atomic E-state index is 12.9. The summed E-state index contributed by atoms with van der Waals surface area (Å²) < 4.78 is 33.7. The number of anilines is 2. The van der Waals surface area contributed by atoms with Gasteiger partial charge in [-0.05, 0) is 67.4 Å². The molecule has 0 saturated heterocycles. The second kappa shape index (κ2) is 8.77. The first-order valence-electron chi connectivity index (χ1n) is 9.04. The number of amides is 1. The Bertz CT molecular complexity index is 1210. The number of benzene rings is 3. The minimum Gasteiger partial charge on any atom is -0.495 e. The fourth-order valence-corrected chi connectivity index (χ4v) is 4.16. The molecule has 0 unspecified atom stereocenters. The summed E-state index contributed by atoms with van der Waals surface area (Å²) in [5.74, 6) is -0.108. The normalized spacial score (nSPS) is 11.1. The summed E-state index contributed by atoms with van der Waals surface area (Å²) in [5.41, 5.74) is 2.79. The third kappa shape index (κ3) is 4.93. The van der Waals surface area contributed by atoms with Gasteiger partial charge in [-0.1, -0.05) is 29.8 Å². The van der Waals surface area contributed by atoms with E-state index in [0.29, 0.717) is 22.0 Å². The summed E-state index contributed by atoms with van der Waals surface area (Å²) in [6.45, 7) is 3.70. The van der Waals surface area contributed by atoms with Crippen molar-refractivity contribution >= 4 is 38.9 Å². The molecule has 0 atom stereocenters. The van der Waals surface area contributed by atoms with E-state index in [0.717, 1.165) is 11.1 Å². The molecule has 0 aliphatic heterocycles. The summed E-state index contributed by atoms with van der Waals surface area (Å²) in [6.07, 6.45) is 0. The number of nitrogens with one attached hydrogen (secondary N) is 2. The molecule has 30 heavy (non-hydrogen) atoms. The second-order valence-electron chi connectivity index (χ2n) is 6.75. The summed E-state index contributed by atoms with van der Waals surface area (Å²) in [7, 11) is -2.45. The Balaban J connectivity index is 1.93. The summed E-state index contributed by atoms with van der Waals surface area (Å²) in [6, 6.07) is 16.2. The predicted molar refractivity (Wildman–Crippen MR) is 119 cm³/mol. The fourth-order valence-electron chi connectivity index (χ4n) is 2.83. The molecule has 0 radical (unpaired) electrons. The van der Waals surface area contributed by atoms with Crippen molar-refractivity contribution in [2.24, 2.45) is 0 Å². The molecule has 8 heteroatoms. The van der Waals surface area contributed by atoms with Gasteiger partial charge in [-0.25, -0.2) is 8.42 Å². The van der Waals surface area contributed by atoms with Crippen molar-refractivity contribution in [1.29, 1.82) is 0 Å². The topological polar surface area (TPSA) is 84.5 Å². The number of aryl methyl sites for hydroxylation is 2. The summed E-state index contributed by atoms with van der Waals surface area (Å²) in [5, 5.41) is 3.11. The molecule has 0 aliphatic rings. The van der Waals surface area contributed by atoms with Crippen LogP contribution in [0.4, 0.5) is 11.4 Å². The molecule has 0 bridgehead atoms. The molecular weight excluding hydrogens is 424 g/mol. The van der Waals surface area contributed by atoms with Crippen LogP contribution in [0.15, 0.2) is 65.6 Å². The summed E-state index contributed by atoms with van der Waals surface area (Å²) >= 11 is 5.94. The van der Waals surface area contributed by atoms with Gasteiger partial charge in [0.1, 0.15) is 5.75 Å². The molecule has 0 heterocycles. The Morgan fingerprint density at radius 2 is 1.73 bits per heavy atom. The highest BCUT2D eigenvalue weighted by molar-refractivity contribution is 7.92. The number of carbonyl (C=O) groups is 1. The van der Waals surface area contributed by atoms with Crippen LogP contribution in [0.2, 0.25) is 5.02 Å². The Hall–Kier alpha value is -3.03. The van der Waals surface area contributed by atoms with Gasteiger partial charge >= 0.3 is 0 Å². The maximum atomic E-state index is 12.9. The maximum Gasteiger partial charge on any atom is 0.261 e. The first-order chi connectivity index (χ1) is 14.2. The minimum atomic E-state index is -3.89. The van der Waals surface area contributed by atoms with Crippen molar-refractivity contribution in [3.05, 3.63) is 82.4 Å². The molecule has 0 saturated carbocycles. The van der Waals surface area contributed by atoms with Crippen LogP contribution in [0.25, 0.3) is 0 Å². The number of methoxy groups -OCH3 is 1. The van der Waals surface area contributed by atoms with Crippen molar-refractivity contribution in [3.63, 3.8) is 0 Å². The van der Waals surface area contributed by atoms with E-state index >= 15 is 0 Å². The molecule has 0 fully saturated rings. The lowest BCUT2D eigenvalue weighted by Gasteiger charge is -2.15. The average Bonchev–Trinajstić information content (AvgIpc) is 2.70. The Labute approximate surface area is 180 Å². The van der Waals surface area contributed by atoms with Gasteiger partial charge in [-0.2, -0.15) is 0 Å². The van der Waals surface area contributed by atoms with Crippen LogP contribution in [-0.2, 0) is 10.0 Å². The number of sulfonamides is 1. The van der Waals surface area contributed by atoms with Gasteiger partial charge < -0.3 is 10.1 Å². The molecule has 0 aromatic heterocycles. The number of hydrogen-bond donors (Lipinski definition) is 2. The van der Waals surface area contributed by atoms with Crippen LogP contribution < -0.4 is 14.8 Å². The standard InChI is InChI=1S/C22H21ClN2O4S/c1-14-7-8-15(2)19(11-14)25-30(27,28)18-9-10-21(29-3)20(13-18)24-22(26)16-5-4-6-17(23)12-16/h4-13,25H,1-3H3,(H,24,26). The molecule has 0 aliphatic carbocycles. The molecule has 3 rings (SSSR count). The van der Waals surface area contributed by atoms with Crippen LogP contribution in [0.3, 0.4) is 0 Å². The first-order valence-corrected chi connectivity index (χ1v) is 10.9. The Morgan fingerprint density at radius 1 is 0.967 bits per heavy atom. The van der Waals surface area contributed by atoms with Crippen LogP contribution >= 0.6 is 11.6 Å². The van der Waals surface area contributed by atoms with Gasteiger partial charge in [0.05, 0.1) is 23.4 Å². The van der Waals surface area contributed by atoms with Crippen LogP contribution in [-0.4, -0.2) is 21.4 Å². The highest BCUT2D eigenvalue weighted by atomic mass is 35.5. The average molecular weight is 445 g/mol. The largest absolute Gasteiger partial charge is 0.495 e. The van der Waals surface area contributed by atoms with E-state index < -0.39 is 15.9 Å². The number of hydrogen-bond acceptors (Lipinski definition) is 4. The van der Waals surface area contributed by atoms with E-state index in [1.165, 1.54) is 31.4 Å².